The molecule has 7 nitrogen and oxygen atoms in total. The molecule has 3 aliphatic rings. The summed E-state index contributed by atoms with van der Waals surface area (Å²) in [5.41, 5.74) is 1.35. The monoisotopic (exact) mass is 415 g/mol. The Morgan fingerprint density at radius 2 is 1.87 bits per heavy atom. The molecule has 2 N–H and O–H groups in total. The number of Topliss-reactive ketones (excluding diaryl/α,β-unsaturated/α-hetero) is 1. The predicted molar refractivity (Wildman–Crippen MR) is 121 cm³/mol. The van der Waals surface area contributed by atoms with E-state index in [2.05, 4.69) is 46.5 Å². The van der Waals surface area contributed by atoms with Crippen LogP contribution in [0, 0.1) is 11.8 Å². The molecule has 7 heteroatoms. The number of piperidine rings is 3. The van der Waals surface area contributed by atoms with Crippen LogP contribution in [0.1, 0.15) is 30.1 Å². The van der Waals surface area contributed by atoms with Crippen molar-refractivity contribution in [3.63, 3.8) is 0 Å². The molecule has 2 bridgehead atoms. The first kappa shape index (κ1) is 22.7. The summed E-state index contributed by atoms with van der Waals surface area (Å²) in [7, 11) is 6.47. The van der Waals surface area contributed by atoms with Crippen LogP contribution in [0.2, 0.25) is 0 Å². The number of nitrogens with zero attached hydrogens (tertiary/aromatic N) is 3. The maximum absolute atomic E-state index is 12.3. The number of amides is 2. The molecular formula is C23H37N5O2. The Bertz CT molecular complexity index is 721. The highest BCUT2D eigenvalue weighted by atomic mass is 16.2. The van der Waals surface area contributed by atoms with E-state index in [-0.39, 0.29) is 11.8 Å². The highest BCUT2D eigenvalue weighted by molar-refractivity contribution is 5.95. The molecule has 1 aromatic rings. The lowest BCUT2D eigenvalue weighted by Crippen LogP contribution is -2.58. The first-order chi connectivity index (χ1) is 14.3. The van der Waals surface area contributed by atoms with Crippen LogP contribution >= 0.6 is 0 Å². The van der Waals surface area contributed by atoms with Gasteiger partial charge >= 0.3 is 6.03 Å². The summed E-state index contributed by atoms with van der Waals surface area (Å²) >= 11 is 0. The lowest BCUT2D eigenvalue weighted by Gasteiger charge is -2.50. The molecule has 2 amide bonds. The minimum absolute atomic E-state index is 0.0228. The molecular weight excluding hydrogens is 378 g/mol. The van der Waals surface area contributed by atoms with Crippen LogP contribution in [0.5, 0.6) is 0 Å². The van der Waals surface area contributed by atoms with Gasteiger partial charge in [-0.3, -0.25) is 9.69 Å². The molecule has 3 saturated heterocycles. The number of carbonyl (C=O) groups excluding carboxylic acids is 2. The van der Waals surface area contributed by atoms with Gasteiger partial charge in [-0.25, -0.2) is 4.79 Å². The molecule has 0 saturated carbocycles. The van der Waals surface area contributed by atoms with Gasteiger partial charge in [0.2, 0.25) is 0 Å². The Morgan fingerprint density at radius 3 is 2.47 bits per heavy atom. The Balaban J connectivity index is 1.42. The average Bonchev–Trinajstić information content (AvgIpc) is 2.72. The minimum atomic E-state index is -0.187. The van der Waals surface area contributed by atoms with Crippen LogP contribution in [-0.2, 0) is 0 Å². The maximum Gasteiger partial charge on any atom is 0.319 e. The standard InChI is InChI=1S/C23H37N5O2/c1-17(29)18-5-7-21(8-6-18)25-23(30)24-14-22-13-19-9-10-28(22)16-20(19)15-27(4)12-11-26(2)3/h5-8,19-20,22H,9-16H2,1-4H3,(H2,24,25,30)/t19-,20+,22+/m1/s1. The van der Waals surface area contributed by atoms with Crippen molar-refractivity contribution in [3.05, 3.63) is 29.8 Å². The van der Waals surface area contributed by atoms with E-state index in [1.165, 1.54) is 19.8 Å². The van der Waals surface area contributed by atoms with E-state index in [4.69, 9.17) is 0 Å². The van der Waals surface area contributed by atoms with Crippen molar-refractivity contribution in [1.29, 1.82) is 0 Å². The fourth-order valence-electron chi connectivity index (χ4n) is 4.71. The lowest BCUT2D eigenvalue weighted by molar-refractivity contribution is -0.00849. The van der Waals surface area contributed by atoms with E-state index in [9.17, 15) is 9.59 Å². The largest absolute Gasteiger partial charge is 0.336 e. The van der Waals surface area contributed by atoms with Crippen LogP contribution in [0.15, 0.2) is 24.3 Å². The van der Waals surface area contributed by atoms with E-state index < -0.39 is 0 Å². The van der Waals surface area contributed by atoms with Gasteiger partial charge in [-0.1, -0.05) is 0 Å². The maximum atomic E-state index is 12.3. The van der Waals surface area contributed by atoms with E-state index in [1.807, 2.05) is 0 Å². The molecule has 4 atom stereocenters. The molecule has 4 rings (SSSR count). The predicted octanol–water partition coefficient (Wildman–Crippen LogP) is 2.21. The quantitative estimate of drug-likeness (QED) is 0.606. The van der Waals surface area contributed by atoms with Crippen molar-refractivity contribution in [3.8, 4) is 0 Å². The molecule has 3 fully saturated rings. The number of nitrogens with one attached hydrogen (secondary N) is 2. The number of hydrogen-bond donors (Lipinski definition) is 2. The summed E-state index contributed by atoms with van der Waals surface area (Å²) in [6.07, 6.45) is 2.44. The highest BCUT2D eigenvalue weighted by Crippen LogP contribution is 2.36. The van der Waals surface area contributed by atoms with Crippen LogP contribution in [-0.4, -0.2) is 93.0 Å². The minimum Gasteiger partial charge on any atom is -0.336 e. The summed E-state index contributed by atoms with van der Waals surface area (Å²) in [6, 6.07) is 7.24. The van der Waals surface area contributed by atoms with Crippen LogP contribution < -0.4 is 10.6 Å². The Hall–Kier alpha value is -1.96. The molecule has 3 aliphatic heterocycles. The number of anilines is 1. The fraction of sp³-hybridized carbons (Fsp3) is 0.652. The molecule has 0 aliphatic carbocycles. The summed E-state index contributed by atoms with van der Waals surface area (Å²) in [5.74, 6) is 1.51. The van der Waals surface area contributed by atoms with Crippen molar-refractivity contribution in [2.45, 2.75) is 25.8 Å². The Kier molecular flexibility index (Phi) is 7.86. The molecule has 0 radical (unpaired) electrons. The van der Waals surface area contributed by atoms with E-state index in [1.54, 1.807) is 24.3 Å². The van der Waals surface area contributed by atoms with Crippen molar-refractivity contribution >= 4 is 17.5 Å². The number of carbonyl (C=O) groups is 2. The number of likely N-dealkylation sites (N-methyl/N-ethyl adjacent to an activating group) is 2. The van der Waals surface area contributed by atoms with Gasteiger partial charge in [0.05, 0.1) is 0 Å². The molecule has 1 aromatic carbocycles. The van der Waals surface area contributed by atoms with Crippen LogP contribution in [0.25, 0.3) is 0 Å². The van der Waals surface area contributed by atoms with Crippen LogP contribution in [0.4, 0.5) is 10.5 Å². The fourth-order valence-corrected chi connectivity index (χ4v) is 4.71. The summed E-state index contributed by atoms with van der Waals surface area (Å²) in [4.78, 5) is 30.9. The Labute approximate surface area is 180 Å². The summed E-state index contributed by atoms with van der Waals surface area (Å²) in [6.45, 7) is 7.85. The number of rotatable bonds is 9. The third-order valence-electron chi connectivity index (χ3n) is 6.54. The zero-order chi connectivity index (χ0) is 21.7. The first-order valence-corrected chi connectivity index (χ1v) is 11.0. The van der Waals surface area contributed by atoms with Gasteiger partial charge < -0.3 is 20.4 Å². The van der Waals surface area contributed by atoms with E-state index in [0.29, 0.717) is 23.8 Å². The second-order valence-corrected chi connectivity index (χ2v) is 9.23. The Morgan fingerprint density at radius 1 is 1.13 bits per heavy atom. The number of urea groups is 1. The van der Waals surface area contributed by atoms with Crippen molar-refractivity contribution in [1.82, 2.24) is 20.0 Å². The number of fused-ring (bicyclic) bond motifs is 3. The highest BCUT2D eigenvalue weighted by Gasteiger charge is 2.40. The average molecular weight is 416 g/mol. The van der Waals surface area contributed by atoms with Gasteiger partial charge in [0.1, 0.15) is 0 Å². The van der Waals surface area contributed by atoms with Crippen molar-refractivity contribution in [2.24, 2.45) is 11.8 Å². The smallest absolute Gasteiger partial charge is 0.319 e. The SMILES string of the molecule is CC(=O)c1ccc(NC(=O)NC[C@@H]2C[C@H]3CCN2C[C@@H]3CN(C)CCN(C)C)cc1. The first-order valence-electron chi connectivity index (χ1n) is 11.0. The second kappa shape index (κ2) is 10.4. The van der Waals surface area contributed by atoms with Gasteiger partial charge in [-0.05, 0) is 83.6 Å². The topological polar surface area (TPSA) is 67.9 Å². The third-order valence-corrected chi connectivity index (χ3v) is 6.54. The zero-order valence-electron chi connectivity index (χ0n) is 18.9. The van der Waals surface area contributed by atoms with Gasteiger partial charge in [0, 0.05) is 50.0 Å². The molecule has 30 heavy (non-hydrogen) atoms. The van der Waals surface area contributed by atoms with E-state index in [0.717, 1.165) is 44.6 Å². The number of benzene rings is 1. The van der Waals surface area contributed by atoms with Crippen LogP contribution in [0.3, 0.4) is 0 Å². The van der Waals surface area contributed by atoms with Crippen molar-refractivity contribution in [2.75, 3.05) is 65.7 Å². The third kappa shape index (κ3) is 6.27. The molecule has 166 valence electrons. The zero-order valence-corrected chi connectivity index (χ0v) is 18.9. The summed E-state index contributed by atoms with van der Waals surface area (Å²) < 4.78 is 0. The van der Waals surface area contributed by atoms with Gasteiger partial charge in [-0.15, -0.1) is 0 Å². The number of ketones is 1. The normalized spacial score (nSPS) is 25.5. The van der Waals surface area contributed by atoms with Gasteiger partial charge in [0.25, 0.3) is 0 Å². The molecule has 3 heterocycles. The van der Waals surface area contributed by atoms with Gasteiger partial charge in [0.15, 0.2) is 5.78 Å². The molecule has 0 aromatic heterocycles. The second-order valence-electron chi connectivity index (χ2n) is 9.23. The lowest BCUT2D eigenvalue weighted by atomic mass is 9.75. The van der Waals surface area contributed by atoms with Crippen molar-refractivity contribution < 1.29 is 9.59 Å². The molecule has 1 unspecified atom stereocenters. The van der Waals surface area contributed by atoms with E-state index >= 15 is 0 Å². The van der Waals surface area contributed by atoms with Gasteiger partial charge in [-0.2, -0.15) is 0 Å². The summed E-state index contributed by atoms with van der Waals surface area (Å²) in [5, 5.41) is 5.90. The number of hydrogen-bond acceptors (Lipinski definition) is 5. The molecule has 0 spiro atoms.